The largest absolute Gasteiger partial charge is 0.319 e. The number of para-hydroxylation sites is 1. The third kappa shape index (κ3) is 2.34. The van der Waals surface area contributed by atoms with E-state index < -0.39 is 0 Å². The molecule has 2 heterocycles. The van der Waals surface area contributed by atoms with Gasteiger partial charge in [-0.3, -0.25) is 0 Å². The van der Waals surface area contributed by atoms with Crippen molar-refractivity contribution in [1.82, 2.24) is 9.55 Å². The van der Waals surface area contributed by atoms with E-state index >= 15 is 0 Å². The van der Waals surface area contributed by atoms with Gasteiger partial charge in [0.2, 0.25) is 0 Å². The fourth-order valence-corrected chi connectivity index (χ4v) is 3.69. The zero-order valence-corrected chi connectivity index (χ0v) is 13.3. The van der Waals surface area contributed by atoms with Crippen molar-refractivity contribution < 1.29 is 0 Å². The molecule has 2 aromatic heterocycles. The number of nitrogens with zero attached hydrogens (tertiary/aromatic N) is 2. The number of halogens is 2. The first kappa shape index (κ1) is 13.9. The average molecular weight is 325 g/mol. The van der Waals surface area contributed by atoms with Crippen LogP contribution in [0.5, 0.6) is 0 Å². The predicted molar refractivity (Wildman–Crippen MR) is 87.3 cm³/mol. The van der Waals surface area contributed by atoms with Crippen LogP contribution in [-0.4, -0.2) is 15.4 Å². The zero-order chi connectivity index (χ0) is 14.1. The molecule has 1 aromatic carbocycles. The van der Waals surface area contributed by atoms with Crippen molar-refractivity contribution in [3.05, 3.63) is 51.4 Å². The Hall–Kier alpha value is -1.03. The van der Waals surface area contributed by atoms with Crippen LogP contribution in [-0.2, 0) is 6.42 Å². The summed E-state index contributed by atoms with van der Waals surface area (Å²) in [4.78, 5) is 5.98. The van der Waals surface area contributed by atoms with Gasteiger partial charge in [-0.1, -0.05) is 23.7 Å². The van der Waals surface area contributed by atoms with Crippen LogP contribution in [0.2, 0.25) is 5.02 Å². The Morgan fingerprint density at radius 1 is 1.30 bits per heavy atom. The third-order valence-electron chi connectivity index (χ3n) is 3.39. The summed E-state index contributed by atoms with van der Waals surface area (Å²) in [7, 11) is 0. The molecule has 5 heteroatoms. The van der Waals surface area contributed by atoms with Crippen molar-refractivity contribution in [3.63, 3.8) is 0 Å². The molecule has 0 aliphatic heterocycles. The van der Waals surface area contributed by atoms with E-state index in [2.05, 4.69) is 29.0 Å². The van der Waals surface area contributed by atoms with Gasteiger partial charge in [0.05, 0.1) is 22.1 Å². The molecule has 0 radical (unpaired) electrons. The molecule has 3 aromatic rings. The van der Waals surface area contributed by atoms with E-state index in [4.69, 9.17) is 28.2 Å². The summed E-state index contributed by atoms with van der Waals surface area (Å²) in [5, 5.41) is 2.83. The minimum atomic E-state index is 0.207. The van der Waals surface area contributed by atoms with Crippen molar-refractivity contribution in [1.29, 1.82) is 0 Å². The molecule has 3 rings (SSSR count). The van der Waals surface area contributed by atoms with Gasteiger partial charge in [-0.15, -0.1) is 22.9 Å². The lowest BCUT2D eigenvalue weighted by Gasteiger charge is -2.16. The summed E-state index contributed by atoms with van der Waals surface area (Å²) in [6.07, 6.45) is 0.738. The Labute approximate surface area is 132 Å². The Bertz CT molecular complexity index is 719. The maximum atomic E-state index is 6.39. The predicted octanol–water partition coefficient (Wildman–Crippen LogP) is 5.14. The molecule has 2 nitrogen and oxygen atoms in total. The third-order valence-corrected chi connectivity index (χ3v) is 4.93. The van der Waals surface area contributed by atoms with E-state index in [9.17, 15) is 0 Å². The number of benzene rings is 1. The SMILES string of the molecule is CC(c1cccs1)n1c(CCCl)nc2cccc(Cl)c21. The lowest BCUT2D eigenvalue weighted by molar-refractivity contribution is 0.633. The van der Waals surface area contributed by atoms with E-state index in [-0.39, 0.29) is 6.04 Å². The van der Waals surface area contributed by atoms with Crippen LogP contribution in [0.4, 0.5) is 0 Å². The molecule has 1 unspecified atom stereocenters. The van der Waals surface area contributed by atoms with Gasteiger partial charge in [0.1, 0.15) is 5.82 Å². The molecule has 0 saturated heterocycles. The van der Waals surface area contributed by atoms with E-state index in [1.807, 2.05) is 18.2 Å². The topological polar surface area (TPSA) is 17.8 Å². The lowest BCUT2D eigenvalue weighted by Crippen LogP contribution is -2.10. The highest BCUT2D eigenvalue weighted by Crippen LogP contribution is 2.32. The van der Waals surface area contributed by atoms with Crippen LogP contribution in [0.15, 0.2) is 35.7 Å². The Kier molecular flexibility index (Phi) is 4.01. The quantitative estimate of drug-likeness (QED) is 0.607. The van der Waals surface area contributed by atoms with E-state index in [0.29, 0.717) is 5.88 Å². The first-order chi connectivity index (χ1) is 9.72. The first-order valence-corrected chi connectivity index (χ1v) is 8.26. The van der Waals surface area contributed by atoms with E-state index in [1.54, 1.807) is 11.3 Å². The number of rotatable bonds is 4. The van der Waals surface area contributed by atoms with Crippen molar-refractivity contribution in [2.24, 2.45) is 0 Å². The molecule has 0 aliphatic rings. The molecule has 104 valence electrons. The fraction of sp³-hybridized carbons (Fsp3) is 0.267. The highest BCUT2D eigenvalue weighted by atomic mass is 35.5. The standard InChI is InChI=1S/C15H14Cl2N2S/c1-10(13-6-3-9-20-13)19-14(7-8-16)18-12-5-2-4-11(17)15(12)19/h2-6,9-10H,7-8H2,1H3. The number of hydrogen-bond acceptors (Lipinski definition) is 2. The second-order valence-corrected chi connectivity index (χ2v) is 6.40. The van der Waals surface area contributed by atoms with Crippen molar-refractivity contribution >= 4 is 45.6 Å². The smallest absolute Gasteiger partial charge is 0.111 e. The minimum absolute atomic E-state index is 0.207. The molecular formula is C15H14Cl2N2S. The second-order valence-electron chi connectivity index (χ2n) is 4.64. The summed E-state index contributed by atoms with van der Waals surface area (Å²) >= 11 is 14.1. The van der Waals surface area contributed by atoms with Gasteiger partial charge in [-0.25, -0.2) is 4.98 Å². The zero-order valence-electron chi connectivity index (χ0n) is 11.0. The van der Waals surface area contributed by atoms with Crippen LogP contribution < -0.4 is 0 Å². The van der Waals surface area contributed by atoms with Gasteiger partial charge in [0, 0.05) is 17.2 Å². The van der Waals surface area contributed by atoms with E-state index in [0.717, 1.165) is 28.3 Å². The Balaban J connectivity index is 2.23. The summed E-state index contributed by atoms with van der Waals surface area (Å²) in [6.45, 7) is 2.17. The normalized spacial score (nSPS) is 12.9. The van der Waals surface area contributed by atoms with Gasteiger partial charge in [-0.2, -0.15) is 0 Å². The molecule has 0 aliphatic carbocycles. The number of alkyl halides is 1. The molecule has 0 saturated carbocycles. The van der Waals surface area contributed by atoms with Gasteiger partial charge in [0.15, 0.2) is 0 Å². The van der Waals surface area contributed by atoms with Crippen LogP contribution in [0.3, 0.4) is 0 Å². The Morgan fingerprint density at radius 3 is 2.85 bits per heavy atom. The average Bonchev–Trinajstić information content (AvgIpc) is 3.06. The number of aryl methyl sites for hydroxylation is 1. The van der Waals surface area contributed by atoms with Crippen molar-refractivity contribution in [2.45, 2.75) is 19.4 Å². The summed E-state index contributed by atoms with van der Waals surface area (Å²) in [6, 6.07) is 10.3. The van der Waals surface area contributed by atoms with E-state index in [1.165, 1.54) is 4.88 Å². The minimum Gasteiger partial charge on any atom is -0.319 e. The highest BCUT2D eigenvalue weighted by molar-refractivity contribution is 7.10. The number of hydrogen-bond donors (Lipinski definition) is 0. The monoisotopic (exact) mass is 324 g/mol. The molecule has 0 spiro atoms. The molecule has 1 atom stereocenters. The second kappa shape index (κ2) is 5.76. The van der Waals surface area contributed by atoms with Crippen LogP contribution in [0.1, 0.15) is 23.7 Å². The molecule has 0 fully saturated rings. The fourth-order valence-electron chi connectivity index (χ4n) is 2.49. The summed E-state index contributed by atoms with van der Waals surface area (Å²) in [5.74, 6) is 1.54. The first-order valence-electron chi connectivity index (χ1n) is 6.47. The molecule has 0 amide bonds. The molecule has 0 N–H and O–H groups in total. The number of thiophene rings is 1. The molecule has 20 heavy (non-hydrogen) atoms. The van der Waals surface area contributed by atoms with Crippen LogP contribution in [0, 0.1) is 0 Å². The van der Waals surface area contributed by atoms with Crippen molar-refractivity contribution in [3.8, 4) is 0 Å². The maximum Gasteiger partial charge on any atom is 0.111 e. The maximum absolute atomic E-state index is 6.39. The highest BCUT2D eigenvalue weighted by Gasteiger charge is 2.19. The van der Waals surface area contributed by atoms with Gasteiger partial charge < -0.3 is 4.57 Å². The summed E-state index contributed by atoms with van der Waals surface area (Å²) < 4.78 is 2.21. The molecule has 0 bridgehead atoms. The number of imidazole rings is 1. The number of fused-ring (bicyclic) bond motifs is 1. The van der Waals surface area contributed by atoms with Crippen LogP contribution in [0.25, 0.3) is 11.0 Å². The van der Waals surface area contributed by atoms with Crippen molar-refractivity contribution in [2.75, 3.05) is 5.88 Å². The van der Waals surface area contributed by atoms with Crippen LogP contribution >= 0.6 is 34.5 Å². The van der Waals surface area contributed by atoms with Gasteiger partial charge in [0.25, 0.3) is 0 Å². The molecular weight excluding hydrogens is 311 g/mol. The summed E-state index contributed by atoms with van der Waals surface area (Å²) in [5.41, 5.74) is 1.93. The lowest BCUT2D eigenvalue weighted by atomic mass is 10.2. The van der Waals surface area contributed by atoms with Gasteiger partial charge in [-0.05, 0) is 30.5 Å². The van der Waals surface area contributed by atoms with Gasteiger partial charge >= 0.3 is 0 Å². The number of aromatic nitrogens is 2. The Morgan fingerprint density at radius 2 is 2.15 bits per heavy atom.